The van der Waals surface area contributed by atoms with Gasteiger partial charge in [-0.1, -0.05) is 20.8 Å². The highest BCUT2D eigenvalue weighted by Gasteiger charge is 2.12. The molecule has 4 heteroatoms. The Morgan fingerprint density at radius 1 is 1.32 bits per heavy atom. The zero-order valence-corrected chi connectivity index (χ0v) is 13.7. The second-order valence-corrected chi connectivity index (χ2v) is 6.00. The van der Waals surface area contributed by atoms with Crippen LogP contribution >= 0.6 is 11.3 Å². The van der Waals surface area contributed by atoms with E-state index in [1.807, 2.05) is 0 Å². The number of hydrogen-bond donors (Lipinski definition) is 1. The van der Waals surface area contributed by atoms with Crippen LogP contribution in [-0.2, 0) is 6.42 Å². The number of thiazole rings is 1. The molecule has 0 saturated heterocycles. The molecule has 0 aromatic carbocycles. The standard InChI is InChI=1S/C15H29N3S/c1-5-9-16-14(8-10-18(6-2)7-3)11-15-17-13(4)12-19-15/h12,14,16H,5-11H2,1-4H3. The summed E-state index contributed by atoms with van der Waals surface area (Å²) in [5.41, 5.74) is 1.15. The van der Waals surface area contributed by atoms with Crippen molar-refractivity contribution in [3.8, 4) is 0 Å². The van der Waals surface area contributed by atoms with Gasteiger partial charge in [0.25, 0.3) is 0 Å². The van der Waals surface area contributed by atoms with Crippen molar-refractivity contribution < 1.29 is 0 Å². The quantitative estimate of drug-likeness (QED) is 0.715. The third kappa shape index (κ3) is 6.50. The van der Waals surface area contributed by atoms with Gasteiger partial charge in [0.1, 0.15) is 0 Å². The predicted molar refractivity (Wildman–Crippen MR) is 85.0 cm³/mol. The number of rotatable bonds is 10. The van der Waals surface area contributed by atoms with Crippen LogP contribution in [0, 0.1) is 6.92 Å². The van der Waals surface area contributed by atoms with Gasteiger partial charge in [-0.25, -0.2) is 4.98 Å². The topological polar surface area (TPSA) is 28.2 Å². The largest absolute Gasteiger partial charge is 0.314 e. The maximum absolute atomic E-state index is 4.59. The summed E-state index contributed by atoms with van der Waals surface area (Å²) in [6, 6.07) is 0.561. The predicted octanol–water partition coefficient (Wildman–Crippen LogP) is 3.09. The van der Waals surface area contributed by atoms with Gasteiger partial charge in [-0.3, -0.25) is 0 Å². The molecule has 1 atom stereocenters. The monoisotopic (exact) mass is 283 g/mol. The number of aromatic nitrogens is 1. The smallest absolute Gasteiger partial charge is 0.0943 e. The summed E-state index contributed by atoms with van der Waals surface area (Å²) in [7, 11) is 0. The van der Waals surface area contributed by atoms with Gasteiger partial charge in [-0.15, -0.1) is 11.3 Å². The van der Waals surface area contributed by atoms with E-state index in [4.69, 9.17) is 0 Å². The summed E-state index contributed by atoms with van der Waals surface area (Å²) in [4.78, 5) is 7.08. The molecular formula is C15H29N3S. The maximum Gasteiger partial charge on any atom is 0.0943 e. The molecule has 19 heavy (non-hydrogen) atoms. The van der Waals surface area contributed by atoms with Gasteiger partial charge in [-0.2, -0.15) is 0 Å². The fourth-order valence-electron chi connectivity index (χ4n) is 2.21. The lowest BCUT2D eigenvalue weighted by molar-refractivity contribution is 0.280. The summed E-state index contributed by atoms with van der Waals surface area (Å²) >= 11 is 1.79. The van der Waals surface area contributed by atoms with Gasteiger partial charge < -0.3 is 10.2 Å². The molecule has 0 spiro atoms. The summed E-state index contributed by atoms with van der Waals surface area (Å²) in [5, 5.41) is 7.09. The zero-order chi connectivity index (χ0) is 14.1. The van der Waals surface area contributed by atoms with Crippen molar-refractivity contribution in [1.29, 1.82) is 0 Å². The number of nitrogens with one attached hydrogen (secondary N) is 1. The molecule has 1 heterocycles. The molecule has 0 aliphatic rings. The lowest BCUT2D eigenvalue weighted by atomic mass is 10.1. The van der Waals surface area contributed by atoms with Crippen molar-refractivity contribution in [3.63, 3.8) is 0 Å². The average molecular weight is 283 g/mol. The first-order chi connectivity index (χ1) is 9.19. The van der Waals surface area contributed by atoms with Crippen molar-refractivity contribution in [1.82, 2.24) is 15.2 Å². The molecule has 0 aliphatic carbocycles. The first-order valence-corrected chi connectivity index (χ1v) is 8.44. The highest BCUT2D eigenvalue weighted by Crippen LogP contribution is 2.13. The van der Waals surface area contributed by atoms with Crippen LogP contribution in [0.4, 0.5) is 0 Å². The van der Waals surface area contributed by atoms with Crippen LogP contribution in [0.25, 0.3) is 0 Å². The molecule has 1 N–H and O–H groups in total. The first-order valence-electron chi connectivity index (χ1n) is 7.56. The van der Waals surface area contributed by atoms with E-state index in [1.54, 1.807) is 11.3 Å². The summed E-state index contributed by atoms with van der Waals surface area (Å²) in [6.45, 7) is 13.4. The maximum atomic E-state index is 4.59. The highest BCUT2D eigenvalue weighted by atomic mass is 32.1. The Balaban J connectivity index is 2.46. The third-order valence-corrected chi connectivity index (χ3v) is 4.45. The Labute approximate surface area is 122 Å². The minimum Gasteiger partial charge on any atom is -0.314 e. The normalized spacial score (nSPS) is 13.1. The molecule has 1 unspecified atom stereocenters. The van der Waals surface area contributed by atoms with Crippen LogP contribution in [0.5, 0.6) is 0 Å². The van der Waals surface area contributed by atoms with E-state index in [0.29, 0.717) is 6.04 Å². The van der Waals surface area contributed by atoms with E-state index in [1.165, 1.54) is 24.4 Å². The van der Waals surface area contributed by atoms with Crippen LogP contribution in [0.3, 0.4) is 0 Å². The third-order valence-electron chi connectivity index (χ3n) is 3.46. The van der Waals surface area contributed by atoms with Crippen molar-refractivity contribution >= 4 is 11.3 Å². The summed E-state index contributed by atoms with van der Waals surface area (Å²) < 4.78 is 0. The van der Waals surface area contributed by atoms with E-state index in [2.05, 4.69) is 48.3 Å². The Hall–Kier alpha value is -0.450. The highest BCUT2D eigenvalue weighted by molar-refractivity contribution is 7.09. The van der Waals surface area contributed by atoms with E-state index < -0.39 is 0 Å². The molecule has 0 radical (unpaired) electrons. The molecule has 0 fully saturated rings. The molecule has 0 saturated carbocycles. The molecule has 1 rings (SSSR count). The van der Waals surface area contributed by atoms with Gasteiger partial charge in [0.2, 0.25) is 0 Å². The SMILES string of the molecule is CCCNC(CCN(CC)CC)Cc1nc(C)cs1. The summed E-state index contributed by atoms with van der Waals surface area (Å²) in [6.07, 6.45) is 3.47. The number of hydrogen-bond acceptors (Lipinski definition) is 4. The molecular weight excluding hydrogens is 254 g/mol. The molecule has 1 aromatic heterocycles. The number of nitrogens with zero attached hydrogens (tertiary/aromatic N) is 2. The molecule has 110 valence electrons. The Bertz CT molecular complexity index is 334. The van der Waals surface area contributed by atoms with E-state index in [9.17, 15) is 0 Å². The molecule has 3 nitrogen and oxygen atoms in total. The molecule has 0 bridgehead atoms. The Kier molecular flexibility index (Phi) is 8.26. The Morgan fingerprint density at radius 3 is 2.58 bits per heavy atom. The van der Waals surface area contributed by atoms with Gasteiger partial charge in [0, 0.05) is 23.5 Å². The van der Waals surface area contributed by atoms with E-state index in [0.717, 1.165) is 31.7 Å². The van der Waals surface area contributed by atoms with Crippen molar-refractivity contribution in [2.45, 2.75) is 53.0 Å². The molecule has 0 aliphatic heterocycles. The minimum atomic E-state index is 0.561. The zero-order valence-electron chi connectivity index (χ0n) is 12.9. The average Bonchev–Trinajstić information content (AvgIpc) is 2.82. The van der Waals surface area contributed by atoms with Crippen LogP contribution in [0.1, 0.15) is 44.3 Å². The van der Waals surface area contributed by atoms with Crippen molar-refractivity contribution in [2.24, 2.45) is 0 Å². The van der Waals surface area contributed by atoms with Gasteiger partial charge in [-0.05, 0) is 45.9 Å². The van der Waals surface area contributed by atoms with Gasteiger partial charge in [0.05, 0.1) is 5.01 Å². The van der Waals surface area contributed by atoms with E-state index in [-0.39, 0.29) is 0 Å². The van der Waals surface area contributed by atoms with Crippen LogP contribution in [0.2, 0.25) is 0 Å². The van der Waals surface area contributed by atoms with Crippen LogP contribution in [0.15, 0.2) is 5.38 Å². The first kappa shape index (κ1) is 16.6. The van der Waals surface area contributed by atoms with Gasteiger partial charge >= 0.3 is 0 Å². The fraction of sp³-hybridized carbons (Fsp3) is 0.800. The molecule has 1 aromatic rings. The lowest BCUT2D eigenvalue weighted by Crippen LogP contribution is -2.36. The van der Waals surface area contributed by atoms with Crippen molar-refractivity contribution in [3.05, 3.63) is 16.1 Å². The van der Waals surface area contributed by atoms with Crippen molar-refractivity contribution in [2.75, 3.05) is 26.2 Å². The van der Waals surface area contributed by atoms with E-state index >= 15 is 0 Å². The Morgan fingerprint density at radius 2 is 2.05 bits per heavy atom. The number of aryl methyl sites for hydroxylation is 1. The molecule has 0 amide bonds. The summed E-state index contributed by atoms with van der Waals surface area (Å²) in [5.74, 6) is 0. The van der Waals surface area contributed by atoms with Crippen LogP contribution < -0.4 is 5.32 Å². The second-order valence-electron chi connectivity index (χ2n) is 5.05. The van der Waals surface area contributed by atoms with Gasteiger partial charge in [0.15, 0.2) is 0 Å². The minimum absolute atomic E-state index is 0.561. The fourth-order valence-corrected chi connectivity index (χ4v) is 3.06. The second kappa shape index (κ2) is 9.45. The van der Waals surface area contributed by atoms with Crippen LogP contribution in [-0.4, -0.2) is 42.1 Å². The lowest BCUT2D eigenvalue weighted by Gasteiger charge is -2.23.